The molecule has 1 aromatic rings. The molecule has 0 saturated heterocycles. The maximum absolute atomic E-state index is 12.3. The lowest BCUT2D eigenvalue weighted by Crippen LogP contribution is -2.48. The summed E-state index contributed by atoms with van der Waals surface area (Å²) >= 11 is 6.70. The number of carbonyl (C=O) groups excluding carboxylic acids is 1. The quantitative estimate of drug-likeness (QED) is 0.843. The SMILES string of the molecule is CC(C)(C#N)N(C(=O)c1nnc(Cl)s1)C1CC1. The van der Waals surface area contributed by atoms with Crippen LogP contribution in [-0.4, -0.2) is 32.6 Å². The summed E-state index contributed by atoms with van der Waals surface area (Å²) in [5.74, 6) is -0.261. The van der Waals surface area contributed by atoms with Crippen LogP contribution in [-0.2, 0) is 0 Å². The molecule has 0 N–H and O–H groups in total. The van der Waals surface area contributed by atoms with Crippen LogP contribution in [0.3, 0.4) is 0 Å². The highest BCUT2D eigenvalue weighted by Gasteiger charge is 2.43. The van der Waals surface area contributed by atoms with Gasteiger partial charge >= 0.3 is 0 Å². The fraction of sp³-hybridized carbons (Fsp3) is 0.600. The van der Waals surface area contributed by atoms with Crippen LogP contribution in [0.5, 0.6) is 0 Å². The third-order valence-electron chi connectivity index (χ3n) is 2.59. The highest BCUT2D eigenvalue weighted by atomic mass is 35.5. The molecule has 90 valence electrons. The molecule has 0 bridgehead atoms. The highest BCUT2D eigenvalue weighted by Crippen LogP contribution is 2.34. The van der Waals surface area contributed by atoms with Crippen LogP contribution in [0, 0.1) is 11.3 Å². The molecule has 1 fully saturated rings. The molecular weight excluding hydrogens is 260 g/mol. The zero-order valence-electron chi connectivity index (χ0n) is 9.47. The molecule has 2 rings (SSSR count). The topological polar surface area (TPSA) is 69.9 Å². The van der Waals surface area contributed by atoms with E-state index in [1.54, 1.807) is 18.7 Å². The van der Waals surface area contributed by atoms with E-state index in [9.17, 15) is 4.79 Å². The van der Waals surface area contributed by atoms with Crippen molar-refractivity contribution in [1.82, 2.24) is 15.1 Å². The second-order valence-electron chi connectivity index (χ2n) is 4.44. The molecule has 1 heterocycles. The van der Waals surface area contributed by atoms with Crippen molar-refractivity contribution in [3.63, 3.8) is 0 Å². The number of rotatable bonds is 3. The van der Waals surface area contributed by atoms with Crippen LogP contribution >= 0.6 is 22.9 Å². The summed E-state index contributed by atoms with van der Waals surface area (Å²) in [6, 6.07) is 2.29. The van der Waals surface area contributed by atoms with Gasteiger partial charge in [0.05, 0.1) is 6.07 Å². The Kier molecular flexibility index (Phi) is 3.06. The minimum Gasteiger partial charge on any atom is -0.315 e. The monoisotopic (exact) mass is 270 g/mol. The van der Waals surface area contributed by atoms with Crippen molar-refractivity contribution in [1.29, 1.82) is 5.26 Å². The van der Waals surface area contributed by atoms with Crippen molar-refractivity contribution >= 4 is 28.8 Å². The van der Waals surface area contributed by atoms with E-state index in [-0.39, 0.29) is 21.4 Å². The highest BCUT2D eigenvalue weighted by molar-refractivity contribution is 7.17. The van der Waals surface area contributed by atoms with Crippen molar-refractivity contribution in [3.05, 3.63) is 9.47 Å². The number of nitrogens with zero attached hydrogens (tertiary/aromatic N) is 4. The first-order chi connectivity index (χ1) is 7.95. The molecular formula is C10H11ClN4OS. The van der Waals surface area contributed by atoms with Crippen molar-refractivity contribution in [3.8, 4) is 6.07 Å². The summed E-state index contributed by atoms with van der Waals surface area (Å²) in [5, 5.41) is 16.7. The van der Waals surface area contributed by atoms with E-state index in [0.717, 1.165) is 24.2 Å². The fourth-order valence-corrected chi connectivity index (χ4v) is 2.42. The van der Waals surface area contributed by atoms with Crippen molar-refractivity contribution in [2.45, 2.75) is 38.3 Å². The Morgan fingerprint density at radius 1 is 1.59 bits per heavy atom. The van der Waals surface area contributed by atoms with E-state index < -0.39 is 5.54 Å². The number of aromatic nitrogens is 2. The first kappa shape index (κ1) is 12.3. The van der Waals surface area contributed by atoms with Crippen LogP contribution < -0.4 is 0 Å². The Morgan fingerprint density at radius 3 is 2.65 bits per heavy atom. The molecule has 17 heavy (non-hydrogen) atoms. The smallest absolute Gasteiger partial charge is 0.286 e. The summed E-state index contributed by atoms with van der Waals surface area (Å²) in [4.78, 5) is 13.9. The maximum Gasteiger partial charge on any atom is 0.286 e. The van der Waals surface area contributed by atoms with Crippen LogP contribution in [0.15, 0.2) is 0 Å². The number of carbonyl (C=O) groups is 1. The van der Waals surface area contributed by atoms with Gasteiger partial charge in [-0.15, -0.1) is 10.2 Å². The molecule has 1 aliphatic carbocycles. The zero-order chi connectivity index (χ0) is 12.6. The van der Waals surface area contributed by atoms with Crippen molar-refractivity contribution in [2.75, 3.05) is 0 Å². The number of halogens is 1. The number of amides is 1. The summed E-state index contributed by atoms with van der Waals surface area (Å²) in [7, 11) is 0. The molecule has 1 saturated carbocycles. The van der Waals surface area contributed by atoms with Gasteiger partial charge in [-0.25, -0.2) is 0 Å². The second kappa shape index (κ2) is 4.24. The predicted molar refractivity (Wildman–Crippen MR) is 63.8 cm³/mol. The number of hydrogen-bond donors (Lipinski definition) is 0. The Labute approximate surface area is 108 Å². The van der Waals surface area contributed by atoms with E-state index in [1.165, 1.54) is 0 Å². The summed E-state index contributed by atoms with van der Waals surface area (Å²) < 4.78 is 0.235. The summed E-state index contributed by atoms with van der Waals surface area (Å²) in [6.45, 7) is 3.46. The molecule has 0 atom stereocenters. The minimum atomic E-state index is -0.837. The van der Waals surface area contributed by atoms with Crippen molar-refractivity contribution in [2.24, 2.45) is 0 Å². The molecule has 1 amide bonds. The molecule has 0 spiro atoms. The Hall–Kier alpha value is -1.19. The van der Waals surface area contributed by atoms with Crippen LogP contribution in [0.1, 0.15) is 36.5 Å². The molecule has 7 heteroatoms. The molecule has 5 nitrogen and oxygen atoms in total. The molecule has 0 radical (unpaired) electrons. The summed E-state index contributed by atoms with van der Waals surface area (Å²) in [6.07, 6.45) is 1.87. The zero-order valence-corrected chi connectivity index (χ0v) is 11.0. The number of hydrogen-bond acceptors (Lipinski definition) is 5. The van der Waals surface area contributed by atoms with Gasteiger partial charge in [-0.2, -0.15) is 5.26 Å². The van der Waals surface area contributed by atoms with Crippen LogP contribution in [0.2, 0.25) is 4.47 Å². The fourth-order valence-electron chi connectivity index (χ4n) is 1.66. The Balaban J connectivity index is 2.29. The largest absolute Gasteiger partial charge is 0.315 e. The molecule has 1 aliphatic rings. The van der Waals surface area contributed by atoms with Crippen LogP contribution in [0.25, 0.3) is 0 Å². The van der Waals surface area contributed by atoms with E-state index >= 15 is 0 Å². The first-order valence-electron chi connectivity index (χ1n) is 5.19. The normalized spacial score (nSPS) is 15.4. The minimum absolute atomic E-state index is 0.139. The third kappa shape index (κ3) is 2.40. The van der Waals surface area contributed by atoms with Gasteiger partial charge in [0.15, 0.2) is 0 Å². The van der Waals surface area contributed by atoms with Gasteiger partial charge in [0.2, 0.25) is 9.47 Å². The van der Waals surface area contributed by atoms with Crippen molar-refractivity contribution < 1.29 is 4.79 Å². The van der Waals surface area contributed by atoms with E-state index in [4.69, 9.17) is 16.9 Å². The van der Waals surface area contributed by atoms with Gasteiger partial charge in [0, 0.05) is 6.04 Å². The Morgan fingerprint density at radius 2 is 2.24 bits per heavy atom. The average molecular weight is 271 g/mol. The van der Waals surface area contributed by atoms with E-state index in [0.29, 0.717) is 0 Å². The molecule has 1 aromatic heterocycles. The average Bonchev–Trinajstić information content (AvgIpc) is 2.99. The lowest BCUT2D eigenvalue weighted by molar-refractivity contribution is 0.0614. The van der Waals surface area contributed by atoms with Gasteiger partial charge in [-0.05, 0) is 38.3 Å². The second-order valence-corrected chi connectivity index (χ2v) is 6.00. The van der Waals surface area contributed by atoms with Gasteiger partial charge in [0.1, 0.15) is 5.54 Å². The molecule has 0 aromatic carbocycles. The standard InChI is InChI=1S/C10H11ClN4OS/c1-10(2,5-12)15(6-3-4-6)8(16)7-13-14-9(11)17-7/h6H,3-4H2,1-2H3. The predicted octanol–water partition coefficient (Wildman–Crippen LogP) is 2.10. The molecule has 0 unspecified atom stereocenters. The van der Waals surface area contributed by atoms with Crippen LogP contribution in [0.4, 0.5) is 0 Å². The lowest BCUT2D eigenvalue weighted by Gasteiger charge is -2.32. The Bertz CT molecular complexity index is 489. The van der Waals surface area contributed by atoms with Gasteiger partial charge < -0.3 is 4.90 Å². The van der Waals surface area contributed by atoms with E-state index in [2.05, 4.69) is 16.3 Å². The number of nitriles is 1. The molecule has 0 aliphatic heterocycles. The van der Waals surface area contributed by atoms with Gasteiger partial charge in [-0.3, -0.25) is 4.79 Å². The maximum atomic E-state index is 12.3. The summed E-state index contributed by atoms with van der Waals surface area (Å²) in [5.41, 5.74) is -0.837. The first-order valence-corrected chi connectivity index (χ1v) is 6.39. The lowest BCUT2D eigenvalue weighted by atomic mass is 10.0. The van der Waals surface area contributed by atoms with Gasteiger partial charge in [0.25, 0.3) is 5.91 Å². The van der Waals surface area contributed by atoms with E-state index in [1.807, 2.05) is 0 Å². The van der Waals surface area contributed by atoms with Gasteiger partial charge in [-0.1, -0.05) is 11.3 Å². The third-order valence-corrected chi connectivity index (χ3v) is 3.60.